The molecule has 0 bridgehead atoms. The van der Waals surface area contributed by atoms with E-state index in [9.17, 15) is 4.39 Å². The number of nitrogens with one attached hydrogen (secondary N) is 1. The summed E-state index contributed by atoms with van der Waals surface area (Å²) in [4.78, 5) is 10.4. The summed E-state index contributed by atoms with van der Waals surface area (Å²) in [5.41, 5.74) is 12.1. The molecule has 1 aromatic carbocycles. The molecule has 2 saturated heterocycles. The molecule has 2 aromatic heterocycles. The Balaban J connectivity index is 1.56. The fraction of sp³-hybridized carbons (Fsp3) is 0.333. The predicted molar refractivity (Wildman–Crippen MR) is 120 cm³/mol. The Morgan fingerprint density at radius 2 is 1.90 bits per heavy atom. The molecule has 0 spiro atoms. The molecule has 2 aliphatic heterocycles. The van der Waals surface area contributed by atoms with Crippen molar-refractivity contribution in [1.82, 2.24) is 15.3 Å². The minimum atomic E-state index is -0.535. The van der Waals surface area contributed by atoms with Gasteiger partial charge in [0.25, 0.3) is 0 Å². The third kappa shape index (κ3) is 4.11. The molecule has 7 heteroatoms. The maximum Gasteiger partial charge on any atom is 0.213 e. The third-order valence-corrected chi connectivity index (χ3v) is 6.10. The SMILES string of the molecule is Nc1ncc(-c2ccc(N3CCOCC3)c([C@@H]3CCCN3)c2)cc1-c1ccnc(F)c1. The van der Waals surface area contributed by atoms with Gasteiger partial charge in [-0.25, -0.2) is 9.97 Å². The van der Waals surface area contributed by atoms with Crippen molar-refractivity contribution in [2.75, 3.05) is 43.5 Å². The van der Waals surface area contributed by atoms with Crippen LogP contribution in [0.4, 0.5) is 15.9 Å². The highest BCUT2D eigenvalue weighted by molar-refractivity contribution is 5.80. The zero-order chi connectivity index (χ0) is 21.2. The van der Waals surface area contributed by atoms with Crippen molar-refractivity contribution in [2.45, 2.75) is 18.9 Å². The van der Waals surface area contributed by atoms with Gasteiger partial charge >= 0.3 is 0 Å². The maximum absolute atomic E-state index is 13.7. The highest BCUT2D eigenvalue weighted by Gasteiger charge is 2.23. The van der Waals surface area contributed by atoms with Crippen LogP contribution in [-0.2, 0) is 4.74 Å². The van der Waals surface area contributed by atoms with E-state index in [1.54, 1.807) is 12.3 Å². The van der Waals surface area contributed by atoms with Crippen LogP contribution in [-0.4, -0.2) is 42.8 Å². The lowest BCUT2D eigenvalue weighted by molar-refractivity contribution is 0.122. The summed E-state index contributed by atoms with van der Waals surface area (Å²) in [6.07, 6.45) is 5.53. The van der Waals surface area contributed by atoms with E-state index in [4.69, 9.17) is 10.5 Å². The zero-order valence-electron chi connectivity index (χ0n) is 17.4. The molecule has 1 atom stereocenters. The van der Waals surface area contributed by atoms with Gasteiger partial charge in [-0.1, -0.05) is 6.07 Å². The normalized spacial score (nSPS) is 19.0. The van der Waals surface area contributed by atoms with E-state index in [1.807, 2.05) is 6.07 Å². The number of nitrogens with zero attached hydrogens (tertiary/aromatic N) is 3. The molecule has 5 rings (SSSR count). The van der Waals surface area contributed by atoms with Crippen molar-refractivity contribution in [3.05, 3.63) is 60.3 Å². The average molecular weight is 420 g/mol. The maximum atomic E-state index is 13.7. The minimum absolute atomic E-state index is 0.341. The van der Waals surface area contributed by atoms with E-state index < -0.39 is 5.95 Å². The number of rotatable bonds is 4. The van der Waals surface area contributed by atoms with Gasteiger partial charge in [-0.15, -0.1) is 0 Å². The molecule has 4 heterocycles. The van der Waals surface area contributed by atoms with Crippen LogP contribution in [0.15, 0.2) is 48.8 Å². The molecule has 160 valence electrons. The van der Waals surface area contributed by atoms with Crippen molar-refractivity contribution in [2.24, 2.45) is 0 Å². The van der Waals surface area contributed by atoms with E-state index in [0.717, 1.165) is 50.4 Å². The first kappa shape index (κ1) is 19.9. The lowest BCUT2D eigenvalue weighted by atomic mass is 9.95. The Hall–Kier alpha value is -3.03. The number of hydrogen-bond acceptors (Lipinski definition) is 6. The van der Waals surface area contributed by atoms with E-state index in [-0.39, 0.29) is 0 Å². The molecule has 0 saturated carbocycles. The highest BCUT2D eigenvalue weighted by atomic mass is 19.1. The van der Waals surface area contributed by atoms with Crippen LogP contribution >= 0.6 is 0 Å². The number of ether oxygens (including phenoxy) is 1. The quantitative estimate of drug-likeness (QED) is 0.627. The first-order valence-corrected chi connectivity index (χ1v) is 10.8. The Morgan fingerprint density at radius 1 is 1.03 bits per heavy atom. The summed E-state index contributed by atoms with van der Waals surface area (Å²) in [5.74, 6) is -0.163. The molecule has 31 heavy (non-hydrogen) atoms. The number of anilines is 2. The van der Waals surface area contributed by atoms with Crippen LogP contribution in [0.5, 0.6) is 0 Å². The molecule has 6 nitrogen and oxygen atoms in total. The summed E-state index contributed by atoms with van der Waals surface area (Å²) >= 11 is 0. The molecule has 2 aliphatic rings. The molecule has 0 aliphatic carbocycles. The number of pyridine rings is 2. The topological polar surface area (TPSA) is 76.3 Å². The van der Waals surface area contributed by atoms with Crippen molar-refractivity contribution < 1.29 is 9.13 Å². The number of benzene rings is 1. The fourth-order valence-corrected chi connectivity index (χ4v) is 4.49. The Kier molecular flexibility index (Phi) is 5.53. The second kappa shape index (κ2) is 8.61. The second-order valence-corrected chi connectivity index (χ2v) is 8.05. The van der Waals surface area contributed by atoms with Crippen LogP contribution < -0.4 is 16.0 Å². The van der Waals surface area contributed by atoms with Gasteiger partial charge in [0.15, 0.2) is 0 Å². The summed E-state index contributed by atoms with van der Waals surface area (Å²) in [5, 5.41) is 3.64. The van der Waals surface area contributed by atoms with E-state index in [1.165, 1.54) is 29.9 Å². The number of morpholine rings is 1. The van der Waals surface area contributed by atoms with Gasteiger partial charge in [0.2, 0.25) is 5.95 Å². The number of aromatic nitrogens is 2. The van der Waals surface area contributed by atoms with Gasteiger partial charge in [0, 0.05) is 54.4 Å². The number of hydrogen-bond donors (Lipinski definition) is 2. The fourth-order valence-electron chi connectivity index (χ4n) is 4.49. The molecule has 3 aromatic rings. The monoisotopic (exact) mass is 419 g/mol. The smallest absolute Gasteiger partial charge is 0.213 e. The van der Waals surface area contributed by atoms with Crippen molar-refractivity contribution in [3.8, 4) is 22.3 Å². The Bertz CT molecular complexity index is 1080. The first-order valence-electron chi connectivity index (χ1n) is 10.8. The Morgan fingerprint density at radius 3 is 2.68 bits per heavy atom. The predicted octanol–water partition coefficient (Wildman–Crippen LogP) is 3.79. The van der Waals surface area contributed by atoms with Crippen molar-refractivity contribution in [1.29, 1.82) is 0 Å². The lowest BCUT2D eigenvalue weighted by Gasteiger charge is -2.32. The van der Waals surface area contributed by atoms with Gasteiger partial charge in [0.05, 0.1) is 13.2 Å². The highest BCUT2D eigenvalue weighted by Crippen LogP contribution is 2.37. The molecule has 2 fully saturated rings. The van der Waals surface area contributed by atoms with E-state index >= 15 is 0 Å². The molecular weight excluding hydrogens is 393 g/mol. The zero-order valence-corrected chi connectivity index (χ0v) is 17.4. The number of halogens is 1. The third-order valence-electron chi connectivity index (χ3n) is 6.10. The molecule has 0 radical (unpaired) electrons. The van der Waals surface area contributed by atoms with Gasteiger partial charge in [-0.2, -0.15) is 4.39 Å². The van der Waals surface area contributed by atoms with E-state index in [2.05, 4.69) is 38.4 Å². The van der Waals surface area contributed by atoms with Gasteiger partial charge in [0.1, 0.15) is 5.82 Å². The van der Waals surface area contributed by atoms with Crippen molar-refractivity contribution in [3.63, 3.8) is 0 Å². The largest absolute Gasteiger partial charge is 0.383 e. The average Bonchev–Trinajstić information content (AvgIpc) is 3.35. The van der Waals surface area contributed by atoms with Crippen LogP contribution in [0.1, 0.15) is 24.4 Å². The summed E-state index contributed by atoms with van der Waals surface area (Å²) in [6, 6.07) is 12.0. The Labute approximate surface area is 181 Å². The minimum Gasteiger partial charge on any atom is -0.383 e. The van der Waals surface area contributed by atoms with E-state index in [0.29, 0.717) is 23.0 Å². The van der Waals surface area contributed by atoms with Crippen LogP contribution in [0, 0.1) is 5.95 Å². The van der Waals surface area contributed by atoms with Crippen LogP contribution in [0.25, 0.3) is 22.3 Å². The van der Waals surface area contributed by atoms with Crippen molar-refractivity contribution >= 4 is 11.5 Å². The number of nitrogen functional groups attached to an aromatic ring is 1. The van der Waals surface area contributed by atoms with Gasteiger partial charge < -0.3 is 20.7 Å². The molecule has 0 unspecified atom stereocenters. The number of nitrogens with two attached hydrogens (primary N) is 1. The first-order chi connectivity index (χ1) is 15.2. The van der Waals surface area contributed by atoms with Crippen LogP contribution in [0.2, 0.25) is 0 Å². The second-order valence-electron chi connectivity index (χ2n) is 8.05. The summed E-state index contributed by atoms with van der Waals surface area (Å²) in [7, 11) is 0. The summed E-state index contributed by atoms with van der Waals surface area (Å²) in [6.45, 7) is 4.36. The van der Waals surface area contributed by atoms with Crippen LogP contribution in [0.3, 0.4) is 0 Å². The molecule has 0 amide bonds. The summed E-state index contributed by atoms with van der Waals surface area (Å²) < 4.78 is 19.2. The van der Waals surface area contributed by atoms with Gasteiger partial charge in [-0.3, -0.25) is 0 Å². The molecule has 3 N–H and O–H groups in total. The van der Waals surface area contributed by atoms with Gasteiger partial charge in [-0.05, 0) is 60.3 Å². The lowest BCUT2D eigenvalue weighted by Crippen LogP contribution is -2.37. The standard InChI is InChI=1S/C24H26FN5O/c25-23-14-17(5-7-28-23)19-13-18(15-29-24(19)26)16-3-4-22(30-8-10-31-11-9-30)20(12-16)21-2-1-6-27-21/h3-5,7,12-15,21,27H,1-2,6,8-11H2,(H2,26,29)/t21-/m0/s1. The molecular formula is C24H26FN5O.